The van der Waals surface area contributed by atoms with Gasteiger partial charge in [-0.05, 0) is 19.3 Å². The monoisotopic (exact) mass is 359 g/mol. The molecule has 0 radical (unpaired) electrons. The Morgan fingerprint density at radius 1 is 1.35 bits per heavy atom. The summed E-state index contributed by atoms with van der Waals surface area (Å²) in [5, 5.41) is 6.95. The zero-order valence-electron chi connectivity index (χ0n) is 13.9. The Kier molecular flexibility index (Phi) is 7.58. The Balaban J connectivity index is 0.00000132. The van der Waals surface area contributed by atoms with E-state index in [1.165, 1.54) is 18.5 Å². The van der Waals surface area contributed by atoms with Gasteiger partial charge in [0.1, 0.15) is 5.69 Å². The van der Waals surface area contributed by atoms with E-state index >= 15 is 0 Å². The Hall–Kier alpha value is -1.04. The Bertz CT molecular complexity index is 612. The van der Waals surface area contributed by atoms with Gasteiger partial charge in [-0.25, -0.2) is 0 Å². The summed E-state index contributed by atoms with van der Waals surface area (Å²) < 4.78 is 2.04. The molecule has 2 aromatic rings. The maximum absolute atomic E-state index is 4.81. The second-order valence-electron chi connectivity index (χ2n) is 6.26. The summed E-state index contributed by atoms with van der Waals surface area (Å²) in [6.07, 6.45) is 7.80. The quantitative estimate of drug-likeness (QED) is 0.472. The van der Waals surface area contributed by atoms with Crippen molar-refractivity contribution in [3.63, 3.8) is 0 Å². The standard InChI is InChI=1S/C16H25N5.2ClH/c1-3-11(4-2)14-10-16(19-13-6-5-12(17)9-13)21-15(20-14)7-8-18-21;;/h7-8,10-13H,3-6,9,17H2,1-2H3,(H,18,19,20);2*1H/t12-,13-;;/m0../s1. The number of quaternary nitrogens is 1. The number of nitrogens with one attached hydrogen (secondary N) is 2. The Morgan fingerprint density at radius 3 is 2.70 bits per heavy atom. The number of H-pyrrole nitrogens is 1. The smallest absolute Gasteiger partial charge is 0.286 e. The molecule has 0 amide bonds. The fourth-order valence-corrected chi connectivity index (χ4v) is 3.41. The molecule has 7 heteroatoms. The Labute approximate surface area is 150 Å². The maximum Gasteiger partial charge on any atom is 0.286 e. The number of rotatable bonds is 5. The van der Waals surface area contributed by atoms with Crippen molar-refractivity contribution in [3.8, 4) is 0 Å². The summed E-state index contributed by atoms with van der Waals surface area (Å²) in [6.45, 7) is 4.48. The van der Waals surface area contributed by atoms with E-state index in [-0.39, 0.29) is 24.8 Å². The van der Waals surface area contributed by atoms with Gasteiger partial charge in [-0.15, -0.1) is 9.50 Å². The average molecular weight is 360 g/mol. The zero-order chi connectivity index (χ0) is 14.8. The lowest BCUT2D eigenvalue weighted by Gasteiger charge is -2.12. The number of nitrogens with zero attached hydrogens (tertiary/aromatic N) is 2. The topological polar surface area (TPSA) is 72.5 Å². The number of fused-ring (bicyclic) bond motifs is 1. The number of halogens is 2. The maximum atomic E-state index is 4.81. The van der Waals surface area contributed by atoms with E-state index in [1.54, 1.807) is 0 Å². The van der Waals surface area contributed by atoms with Crippen molar-refractivity contribution in [3.05, 3.63) is 24.0 Å². The molecule has 130 valence electrons. The fourth-order valence-electron chi connectivity index (χ4n) is 3.41. The highest BCUT2D eigenvalue weighted by Crippen LogP contribution is 2.24. The van der Waals surface area contributed by atoms with Gasteiger partial charge in [0.2, 0.25) is 5.82 Å². The van der Waals surface area contributed by atoms with Gasteiger partial charge in [-0.1, -0.05) is 13.8 Å². The summed E-state index contributed by atoms with van der Waals surface area (Å²) in [5.74, 6) is 1.67. The first-order chi connectivity index (χ1) is 10.2. The molecule has 0 unspecified atom stereocenters. The highest BCUT2D eigenvalue weighted by atomic mass is 35.5. The lowest BCUT2D eigenvalue weighted by molar-refractivity contribution is -0.564. The SMILES string of the molecule is CCC(CC)c1cc(N[C@H]2CC[C@H]([NH3+])C2)[n+]2[nH]ccc2n1.[Cl-].[Cl-]. The predicted octanol–water partition coefficient (Wildman–Crippen LogP) is -4.37. The number of anilines is 1. The van der Waals surface area contributed by atoms with Crippen LogP contribution in [-0.4, -0.2) is 22.2 Å². The van der Waals surface area contributed by atoms with Gasteiger partial charge < -0.3 is 35.9 Å². The lowest BCUT2D eigenvalue weighted by Crippen LogP contribution is -3.00. The van der Waals surface area contributed by atoms with Crippen LogP contribution in [-0.2, 0) is 0 Å². The molecule has 1 aliphatic carbocycles. The molecule has 2 heterocycles. The van der Waals surface area contributed by atoms with Crippen molar-refractivity contribution in [2.45, 2.75) is 64.0 Å². The minimum Gasteiger partial charge on any atom is -1.00 e. The predicted molar refractivity (Wildman–Crippen MR) is 83.0 cm³/mol. The van der Waals surface area contributed by atoms with Crippen LogP contribution in [0.3, 0.4) is 0 Å². The highest BCUT2D eigenvalue weighted by molar-refractivity contribution is 5.40. The average Bonchev–Trinajstić information content (AvgIpc) is 3.09. The number of hydrogen-bond donors (Lipinski definition) is 3. The van der Waals surface area contributed by atoms with Crippen LogP contribution in [0.5, 0.6) is 0 Å². The van der Waals surface area contributed by atoms with Crippen LogP contribution in [0.4, 0.5) is 5.82 Å². The van der Waals surface area contributed by atoms with Crippen molar-refractivity contribution in [2.24, 2.45) is 0 Å². The van der Waals surface area contributed by atoms with Crippen molar-refractivity contribution in [1.82, 2.24) is 10.1 Å². The van der Waals surface area contributed by atoms with Gasteiger partial charge in [-0.3, -0.25) is 5.10 Å². The third-order valence-electron chi connectivity index (χ3n) is 4.73. The second kappa shape index (κ2) is 8.71. The molecule has 2 aromatic heterocycles. The summed E-state index contributed by atoms with van der Waals surface area (Å²) >= 11 is 0. The van der Waals surface area contributed by atoms with Crippen LogP contribution in [0.25, 0.3) is 5.65 Å². The lowest BCUT2D eigenvalue weighted by atomic mass is 9.99. The summed E-state index contributed by atoms with van der Waals surface area (Å²) in [6, 6.07) is 5.38. The van der Waals surface area contributed by atoms with Gasteiger partial charge in [0.25, 0.3) is 5.65 Å². The second-order valence-corrected chi connectivity index (χ2v) is 6.26. The van der Waals surface area contributed by atoms with Crippen molar-refractivity contribution >= 4 is 11.5 Å². The van der Waals surface area contributed by atoms with Crippen LogP contribution in [0.15, 0.2) is 18.3 Å². The minimum absolute atomic E-state index is 0. The number of aromatic amines is 1. The molecule has 0 saturated heterocycles. The molecule has 5 nitrogen and oxygen atoms in total. The van der Waals surface area contributed by atoms with E-state index in [0.717, 1.165) is 30.7 Å². The largest absolute Gasteiger partial charge is 1.00 e. The van der Waals surface area contributed by atoms with Crippen LogP contribution < -0.4 is 40.4 Å². The number of hydrogen-bond acceptors (Lipinski definition) is 2. The molecule has 5 N–H and O–H groups in total. The van der Waals surface area contributed by atoms with Crippen LogP contribution in [0.2, 0.25) is 0 Å². The Morgan fingerprint density at radius 2 is 2.09 bits per heavy atom. The van der Waals surface area contributed by atoms with E-state index in [4.69, 9.17) is 4.98 Å². The van der Waals surface area contributed by atoms with Crippen LogP contribution in [0, 0.1) is 0 Å². The van der Waals surface area contributed by atoms with Crippen molar-refractivity contribution in [1.29, 1.82) is 0 Å². The summed E-state index contributed by atoms with van der Waals surface area (Å²) in [5.41, 5.74) is 6.38. The molecule has 0 aromatic carbocycles. The van der Waals surface area contributed by atoms with Gasteiger partial charge in [0.05, 0.1) is 18.2 Å². The third-order valence-corrected chi connectivity index (χ3v) is 4.73. The molecule has 1 saturated carbocycles. The molecule has 0 spiro atoms. The number of aromatic nitrogens is 3. The molecular weight excluding hydrogens is 333 g/mol. The zero-order valence-corrected chi connectivity index (χ0v) is 15.4. The minimum atomic E-state index is 0. The molecule has 0 bridgehead atoms. The van der Waals surface area contributed by atoms with Gasteiger partial charge in [-0.2, -0.15) is 0 Å². The fraction of sp³-hybridized carbons (Fsp3) is 0.625. The van der Waals surface area contributed by atoms with E-state index in [1.807, 2.05) is 16.8 Å². The summed E-state index contributed by atoms with van der Waals surface area (Å²) in [7, 11) is 0. The molecule has 3 rings (SSSR count). The van der Waals surface area contributed by atoms with E-state index < -0.39 is 0 Å². The summed E-state index contributed by atoms with van der Waals surface area (Å²) in [4.78, 5) is 4.81. The van der Waals surface area contributed by atoms with Crippen molar-refractivity contribution in [2.75, 3.05) is 5.32 Å². The molecule has 1 fully saturated rings. The van der Waals surface area contributed by atoms with Gasteiger partial charge in [0, 0.05) is 31.0 Å². The van der Waals surface area contributed by atoms with Crippen molar-refractivity contribution < 1.29 is 35.1 Å². The first kappa shape index (κ1) is 20.0. The molecular formula is C16H27Cl2N5. The molecule has 23 heavy (non-hydrogen) atoms. The van der Waals surface area contributed by atoms with E-state index in [2.05, 4.69) is 36.1 Å². The van der Waals surface area contributed by atoms with Crippen LogP contribution >= 0.6 is 0 Å². The van der Waals surface area contributed by atoms with Gasteiger partial charge in [0.15, 0.2) is 0 Å². The van der Waals surface area contributed by atoms with Crippen LogP contribution in [0.1, 0.15) is 57.6 Å². The third kappa shape index (κ3) is 4.28. The molecule has 1 aliphatic rings. The molecule has 2 atom stereocenters. The normalized spacial score (nSPS) is 20.3. The van der Waals surface area contributed by atoms with E-state index in [0.29, 0.717) is 18.0 Å². The first-order valence-electron chi connectivity index (χ1n) is 8.21. The first-order valence-corrected chi connectivity index (χ1v) is 8.21. The van der Waals surface area contributed by atoms with Gasteiger partial charge >= 0.3 is 0 Å². The van der Waals surface area contributed by atoms with E-state index in [9.17, 15) is 0 Å². The highest BCUT2D eigenvalue weighted by Gasteiger charge is 2.28. The molecule has 0 aliphatic heterocycles.